The summed E-state index contributed by atoms with van der Waals surface area (Å²) in [5, 5.41) is 9.55. The summed E-state index contributed by atoms with van der Waals surface area (Å²) in [5.41, 5.74) is 6.56. The summed E-state index contributed by atoms with van der Waals surface area (Å²) in [6, 6.07) is 3.23. The standard InChI is InChI=1S/C19H22N4O4/c1-4-27-13(3)22-10-14(9-20)16-11-23(15-5-7-21-8-6-15)18(24)17(12(16)2)19(25)26/h5-11,13H,4,20H2,1-3H3,(H,25,26). The van der Waals surface area contributed by atoms with Gasteiger partial charge in [-0.15, -0.1) is 0 Å². The lowest BCUT2D eigenvalue weighted by Gasteiger charge is -2.14. The molecule has 2 aromatic rings. The molecule has 0 aromatic carbocycles. The van der Waals surface area contributed by atoms with Crippen molar-refractivity contribution in [3.8, 4) is 5.69 Å². The van der Waals surface area contributed by atoms with Gasteiger partial charge in [-0.2, -0.15) is 0 Å². The Hall–Kier alpha value is -3.26. The first kappa shape index (κ1) is 20.1. The van der Waals surface area contributed by atoms with Gasteiger partial charge in [0.2, 0.25) is 0 Å². The van der Waals surface area contributed by atoms with E-state index in [-0.39, 0.29) is 11.8 Å². The number of rotatable bonds is 7. The third kappa shape index (κ3) is 4.48. The Morgan fingerprint density at radius 1 is 1.44 bits per heavy atom. The average Bonchev–Trinajstić information content (AvgIpc) is 2.64. The SMILES string of the molecule is CCOC(C)N=CC(=CN)c1cn(-c2ccncc2)c(=O)c(C(=O)O)c1C. The van der Waals surface area contributed by atoms with E-state index in [1.54, 1.807) is 32.2 Å². The molecule has 2 aromatic heterocycles. The van der Waals surface area contributed by atoms with Crippen LogP contribution in [0.15, 0.2) is 46.7 Å². The Morgan fingerprint density at radius 2 is 2.11 bits per heavy atom. The van der Waals surface area contributed by atoms with Crippen molar-refractivity contribution in [1.29, 1.82) is 0 Å². The van der Waals surface area contributed by atoms with Crippen LogP contribution < -0.4 is 11.3 Å². The Balaban J connectivity index is 2.67. The lowest BCUT2D eigenvalue weighted by atomic mass is 9.99. The third-order valence-electron chi connectivity index (χ3n) is 3.95. The van der Waals surface area contributed by atoms with Crippen molar-refractivity contribution in [3.05, 3.63) is 64.0 Å². The van der Waals surface area contributed by atoms with Crippen LogP contribution >= 0.6 is 0 Å². The van der Waals surface area contributed by atoms with Gasteiger partial charge in [0.25, 0.3) is 5.56 Å². The summed E-state index contributed by atoms with van der Waals surface area (Å²) in [5.74, 6) is -1.31. The number of nitrogens with zero attached hydrogens (tertiary/aromatic N) is 3. The summed E-state index contributed by atoms with van der Waals surface area (Å²) in [4.78, 5) is 32.6. The molecule has 2 heterocycles. The zero-order valence-corrected chi connectivity index (χ0v) is 15.4. The molecule has 0 amide bonds. The molecule has 0 aliphatic rings. The monoisotopic (exact) mass is 370 g/mol. The summed E-state index contributed by atoms with van der Waals surface area (Å²) in [6.07, 6.45) is 7.04. The van der Waals surface area contributed by atoms with E-state index in [1.165, 1.54) is 29.4 Å². The number of hydrogen-bond donors (Lipinski definition) is 2. The number of ether oxygens (including phenoxy) is 1. The van der Waals surface area contributed by atoms with Crippen molar-refractivity contribution >= 4 is 17.8 Å². The fourth-order valence-electron chi connectivity index (χ4n) is 2.61. The van der Waals surface area contributed by atoms with E-state index in [1.807, 2.05) is 6.92 Å². The number of carboxylic acids is 1. The molecule has 8 heteroatoms. The molecule has 0 saturated carbocycles. The lowest BCUT2D eigenvalue weighted by molar-refractivity contribution is 0.0693. The van der Waals surface area contributed by atoms with Crippen molar-refractivity contribution in [2.45, 2.75) is 27.0 Å². The van der Waals surface area contributed by atoms with E-state index in [9.17, 15) is 14.7 Å². The first-order valence-electron chi connectivity index (χ1n) is 8.37. The molecule has 8 nitrogen and oxygen atoms in total. The maximum Gasteiger partial charge on any atom is 0.341 e. The molecule has 0 radical (unpaired) electrons. The molecule has 27 heavy (non-hydrogen) atoms. The van der Waals surface area contributed by atoms with Crippen molar-refractivity contribution in [3.63, 3.8) is 0 Å². The second kappa shape index (κ2) is 8.91. The number of carbonyl (C=O) groups is 1. The zero-order chi connectivity index (χ0) is 20.0. The van der Waals surface area contributed by atoms with Crippen LogP contribution in [-0.4, -0.2) is 39.7 Å². The average molecular weight is 370 g/mol. The predicted octanol–water partition coefficient (Wildman–Crippen LogP) is 1.99. The minimum atomic E-state index is -1.31. The van der Waals surface area contributed by atoms with Crippen molar-refractivity contribution in [2.24, 2.45) is 10.7 Å². The number of hydrogen-bond acceptors (Lipinski definition) is 6. The smallest absolute Gasteiger partial charge is 0.341 e. The molecule has 142 valence electrons. The van der Waals surface area contributed by atoms with Gasteiger partial charge in [-0.3, -0.25) is 19.3 Å². The van der Waals surface area contributed by atoms with Gasteiger partial charge in [0.15, 0.2) is 0 Å². The van der Waals surface area contributed by atoms with Crippen LogP contribution in [0.5, 0.6) is 0 Å². The number of allylic oxidation sites excluding steroid dienone is 1. The van der Waals surface area contributed by atoms with Gasteiger partial charge in [-0.1, -0.05) is 0 Å². The Bertz CT molecular complexity index is 933. The number of carboxylic acid groups (broad SMARTS) is 1. The second-order valence-corrected chi connectivity index (χ2v) is 5.68. The van der Waals surface area contributed by atoms with E-state index in [0.29, 0.717) is 29.0 Å². The van der Waals surface area contributed by atoms with Crippen molar-refractivity contribution in [1.82, 2.24) is 9.55 Å². The Kier molecular flexibility index (Phi) is 6.62. The summed E-state index contributed by atoms with van der Waals surface area (Å²) < 4.78 is 6.62. The number of pyridine rings is 2. The van der Waals surface area contributed by atoms with E-state index in [0.717, 1.165) is 0 Å². The highest BCUT2D eigenvalue weighted by atomic mass is 16.5. The van der Waals surface area contributed by atoms with Crippen LogP contribution in [0, 0.1) is 6.92 Å². The van der Waals surface area contributed by atoms with Gasteiger partial charge in [-0.05, 0) is 38.5 Å². The number of aromatic nitrogens is 2. The molecule has 3 N–H and O–H groups in total. The minimum absolute atomic E-state index is 0.310. The molecule has 0 bridgehead atoms. The van der Waals surface area contributed by atoms with Gasteiger partial charge in [0.05, 0.1) is 5.69 Å². The van der Waals surface area contributed by atoms with Gasteiger partial charge in [0, 0.05) is 48.7 Å². The van der Waals surface area contributed by atoms with E-state index in [4.69, 9.17) is 10.5 Å². The van der Waals surface area contributed by atoms with Crippen molar-refractivity contribution in [2.75, 3.05) is 6.61 Å². The highest BCUT2D eigenvalue weighted by Crippen LogP contribution is 2.20. The van der Waals surface area contributed by atoms with Gasteiger partial charge < -0.3 is 15.6 Å². The van der Waals surface area contributed by atoms with Gasteiger partial charge in [0.1, 0.15) is 11.8 Å². The van der Waals surface area contributed by atoms with Crippen LogP contribution in [0.2, 0.25) is 0 Å². The minimum Gasteiger partial charge on any atom is -0.477 e. The number of nitrogens with two attached hydrogens (primary N) is 1. The normalized spacial score (nSPS) is 13.1. The molecular formula is C19H22N4O4. The van der Waals surface area contributed by atoms with Crippen LogP contribution in [0.3, 0.4) is 0 Å². The quantitative estimate of drug-likeness (QED) is 0.719. The highest BCUT2D eigenvalue weighted by molar-refractivity contribution is 6.10. The summed E-state index contributed by atoms with van der Waals surface area (Å²) >= 11 is 0. The predicted molar refractivity (Wildman–Crippen MR) is 103 cm³/mol. The van der Waals surface area contributed by atoms with Crippen LogP contribution in [0.1, 0.15) is 35.3 Å². The molecule has 0 spiro atoms. The molecule has 0 aliphatic heterocycles. The molecular weight excluding hydrogens is 348 g/mol. The maximum atomic E-state index is 12.7. The molecule has 0 fully saturated rings. The van der Waals surface area contributed by atoms with Crippen LogP contribution in [-0.2, 0) is 4.74 Å². The van der Waals surface area contributed by atoms with Crippen LogP contribution in [0.25, 0.3) is 11.3 Å². The first-order valence-corrected chi connectivity index (χ1v) is 8.37. The fraction of sp³-hybridized carbons (Fsp3) is 0.263. The maximum absolute atomic E-state index is 12.7. The zero-order valence-electron chi connectivity index (χ0n) is 15.4. The van der Waals surface area contributed by atoms with Gasteiger partial charge in [-0.25, -0.2) is 4.79 Å². The Labute approximate surface area is 156 Å². The van der Waals surface area contributed by atoms with E-state index >= 15 is 0 Å². The third-order valence-corrected chi connectivity index (χ3v) is 3.95. The molecule has 2 rings (SSSR count). The van der Waals surface area contributed by atoms with Gasteiger partial charge >= 0.3 is 5.97 Å². The van der Waals surface area contributed by atoms with Crippen LogP contribution in [0.4, 0.5) is 0 Å². The largest absolute Gasteiger partial charge is 0.477 e. The van der Waals surface area contributed by atoms with E-state index < -0.39 is 11.5 Å². The molecule has 0 aliphatic carbocycles. The van der Waals surface area contributed by atoms with E-state index in [2.05, 4.69) is 9.98 Å². The number of aliphatic imine (C=N–C) groups is 1. The highest BCUT2D eigenvalue weighted by Gasteiger charge is 2.20. The Morgan fingerprint density at radius 3 is 2.67 bits per heavy atom. The molecule has 0 saturated heterocycles. The molecule has 1 unspecified atom stereocenters. The summed E-state index contributed by atoms with van der Waals surface area (Å²) in [7, 11) is 0. The fourth-order valence-corrected chi connectivity index (χ4v) is 2.61. The first-order chi connectivity index (χ1) is 12.9. The number of aromatic carboxylic acids is 1. The van der Waals surface area contributed by atoms with Crippen molar-refractivity contribution < 1.29 is 14.6 Å². The second-order valence-electron chi connectivity index (χ2n) is 5.68. The lowest BCUT2D eigenvalue weighted by Crippen LogP contribution is -2.27. The topological polar surface area (TPSA) is 120 Å². The molecule has 1 atom stereocenters. The summed E-state index contributed by atoms with van der Waals surface area (Å²) in [6.45, 7) is 5.72.